The second kappa shape index (κ2) is 6.27. The van der Waals surface area contributed by atoms with Gasteiger partial charge in [-0.15, -0.1) is 0 Å². The number of nitrogens with two attached hydrogens (primary N) is 1. The molecule has 4 nitrogen and oxygen atoms in total. The molecule has 1 heterocycles. The quantitative estimate of drug-likeness (QED) is 0.657. The van der Waals surface area contributed by atoms with Crippen LogP contribution in [-0.4, -0.2) is 25.2 Å². The summed E-state index contributed by atoms with van der Waals surface area (Å²) in [6.07, 6.45) is 7.39. The Labute approximate surface area is 120 Å². The Morgan fingerprint density at radius 1 is 1.25 bits per heavy atom. The predicted molar refractivity (Wildman–Crippen MR) is 82.2 cm³/mol. The highest BCUT2D eigenvalue weighted by Gasteiger charge is 2.13. The number of benzene rings is 1. The summed E-state index contributed by atoms with van der Waals surface area (Å²) >= 11 is 0. The van der Waals surface area contributed by atoms with Crippen LogP contribution in [0.25, 0.3) is 0 Å². The van der Waals surface area contributed by atoms with E-state index in [1.165, 1.54) is 43.2 Å². The molecule has 20 heavy (non-hydrogen) atoms. The lowest BCUT2D eigenvalue weighted by atomic mass is 10.1. The lowest BCUT2D eigenvalue weighted by Gasteiger charge is -2.20. The third-order valence-electron chi connectivity index (χ3n) is 4.11. The van der Waals surface area contributed by atoms with Crippen molar-refractivity contribution in [3.63, 3.8) is 0 Å². The second-order valence-corrected chi connectivity index (χ2v) is 5.68. The van der Waals surface area contributed by atoms with Crippen molar-refractivity contribution in [3.8, 4) is 0 Å². The molecular formula is C16H23N3O. The summed E-state index contributed by atoms with van der Waals surface area (Å²) in [5.74, 6) is 0.483. The van der Waals surface area contributed by atoms with Gasteiger partial charge in [-0.25, -0.2) is 0 Å². The molecule has 108 valence electrons. The van der Waals surface area contributed by atoms with Gasteiger partial charge < -0.3 is 15.8 Å². The van der Waals surface area contributed by atoms with E-state index in [4.69, 9.17) is 10.5 Å². The molecule has 1 aliphatic heterocycles. The third-order valence-corrected chi connectivity index (χ3v) is 4.11. The normalized spacial score (nSPS) is 22.6. The van der Waals surface area contributed by atoms with E-state index in [9.17, 15) is 0 Å². The molecule has 1 aromatic carbocycles. The summed E-state index contributed by atoms with van der Waals surface area (Å²) in [5.41, 5.74) is 9.91. The van der Waals surface area contributed by atoms with Crippen molar-refractivity contribution >= 4 is 11.6 Å². The van der Waals surface area contributed by atoms with Gasteiger partial charge in [0.1, 0.15) is 0 Å². The van der Waals surface area contributed by atoms with Gasteiger partial charge in [-0.1, -0.05) is 6.07 Å². The SMILES string of the molecule is NC(=NCC1CCCCO1)Nc1ccc2c(c1)CCC2. The summed E-state index contributed by atoms with van der Waals surface area (Å²) in [6, 6.07) is 6.48. The Balaban J connectivity index is 1.56. The molecule has 1 aliphatic carbocycles. The maximum atomic E-state index is 5.95. The van der Waals surface area contributed by atoms with E-state index in [1.54, 1.807) is 0 Å². The zero-order valence-electron chi connectivity index (χ0n) is 11.9. The van der Waals surface area contributed by atoms with Crippen molar-refractivity contribution in [3.05, 3.63) is 29.3 Å². The summed E-state index contributed by atoms with van der Waals surface area (Å²) in [6.45, 7) is 1.52. The van der Waals surface area contributed by atoms with Gasteiger partial charge in [0.15, 0.2) is 5.96 Å². The van der Waals surface area contributed by atoms with Gasteiger partial charge in [-0.3, -0.25) is 4.99 Å². The van der Waals surface area contributed by atoms with Gasteiger partial charge in [0.05, 0.1) is 12.6 Å². The van der Waals surface area contributed by atoms with Gasteiger partial charge >= 0.3 is 0 Å². The molecule has 0 saturated carbocycles. The zero-order valence-corrected chi connectivity index (χ0v) is 11.9. The minimum Gasteiger partial charge on any atom is -0.376 e. The number of aliphatic imine (C=N–C) groups is 1. The molecule has 0 amide bonds. The number of hydrogen-bond acceptors (Lipinski definition) is 2. The van der Waals surface area contributed by atoms with Crippen molar-refractivity contribution in [2.45, 2.75) is 44.6 Å². The fraction of sp³-hybridized carbons (Fsp3) is 0.562. The Morgan fingerprint density at radius 3 is 3.00 bits per heavy atom. The number of aryl methyl sites for hydroxylation is 2. The van der Waals surface area contributed by atoms with Crippen LogP contribution < -0.4 is 11.1 Å². The van der Waals surface area contributed by atoms with E-state index >= 15 is 0 Å². The van der Waals surface area contributed by atoms with Gasteiger partial charge in [-0.2, -0.15) is 0 Å². The summed E-state index contributed by atoms with van der Waals surface area (Å²) in [4.78, 5) is 4.39. The molecule has 0 aromatic heterocycles. The first-order valence-electron chi connectivity index (χ1n) is 7.61. The van der Waals surface area contributed by atoms with Crippen LogP contribution in [0.15, 0.2) is 23.2 Å². The first-order valence-corrected chi connectivity index (χ1v) is 7.61. The summed E-state index contributed by atoms with van der Waals surface area (Å²) in [7, 11) is 0. The monoisotopic (exact) mass is 273 g/mol. The average Bonchev–Trinajstić information content (AvgIpc) is 2.94. The molecule has 1 atom stereocenters. The molecule has 0 radical (unpaired) electrons. The number of fused-ring (bicyclic) bond motifs is 1. The number of guanidine groups is 1. The number of anilines is 1. The van der Waals surface area contributed by atoms with E-state index in [2.05, 4.69) is 28.5 Å². The smallest absolute Gasteiger partial charge is 0.193 e. The molecular weight excluding hydrogens is 250 g/mol. The van der Waals surface area contributed by atoms with Crippen LogP contribution in [0.2, 0.25) is 0 Å². The summed E-state index contributed by atoms with van der Waals surface area (Å²) in [5, 5.41) is 3.18. The number of nitrogens with one attached hydrogen (secondary N) is 1. The molecule has 4 heteroatoms. The van der Waals surface area contributed by atoms with Crippen LogP contribution in [0, 0.1) is 0 Å². The average molecular weight is 273 g/mol. The molecule has 3 N–H and O–H groups in total. The van der Waals surface area contributed by atoms with Crippen LogP contribution in [-0.2, 0) is 17.6 Å². The molecule has 2 aliphatic rings. The van der Waals surface area contributed by atoms with Crippen molar-refractivity contribution in [2.24, 2.45) is 10.7 Å². The van der Waals surface area contributed by atoms with E-state index in [0.29, 0.717) is 12.5 Å². The highest BCUT2D eigenvalue weighted by Crippen LogP contribution is 2.24. The minimum absolute atomic E-state index is 0.240. The molecule has 1 unspecified atom stereocenters. The van der Waals surface area contributed by atoms with Gasteiger partial charge in [0, 0.05) is 12.3 Å². The predicted octanol–water partition coefficient (Wildman–Crippen LogP) is 2.47. The molecule has 3 rings (SSSR count). The number of ether oxygens (including phenoxy) is 1. The Kier molecular flexibility index (Phi) is 4.21. The van der Waals surface area contributed by atoms with Gasteiger partial charge in [0.2, 0.25) is 0 Å². The van der Waals surface area contributed by atoms with Crippen LogP contribution in [0.5, 0.6) is 0 Å². The van der Waals surface area contributed by atoms with Crippen molar-refractivity contribution in [1.29, 1.82) is 0 Å². The maximum absolute atomic E-state index is 5.95. The molecule has 1 fully saturated rings. The fourth-order valence-electron chi connectivity index (χ4n) is 2.99. The molecule has 0 spiro atoms. The topological polar surface area (TPSA) is 59.6 Å². The molecule has 0 bridgehead atoms. The fourth-order valence-corrected chi connectivity index (χ4v) is 2.99. The van der Waals surface area contributed by atoms with E-state index in [1.807, 2.05) is 0 Å². The molecule has 1 aromatic rings. The van der Waals surface area contributed by atoms with Crippen LogP contribution in [0.1, 0.15) is 36.8 Å². The maximum Gasteiger partial charge on any atom is 0.193 e. The first kappa shape index (κ1) is 13.4. The van der Waals surface area contributed by atoms with Crippen LogP contribution in [0.3, 0.4) is 0 Å². The third kappa shape index (κ3) is 3.31. The Bertz CT molecular complexity index is 492. The zero-order chi connectivity index (χ0) is 13.8. The highest BCUT2D eigenvalue weighted by atomic mass is 16.5. The lowest BCUT2D eigenvalue weighted by molar-refractivity contribution is 0.0225. The first-order chi connectivity index (χ1) is 9.81. The van der Waals surface area contributed by atoms with Crippen molar-refractivity contribution in [1.82, 2.24) is 0 Å². The van der Waals surface area contributed by atoms with Crippen LogP contribution in [0.4, 0.5) is 5.69 Å². The highest BCUT2D eigenvalue weighted by molar-refractivity contribution is 5.92. The second-order valence-electron chi connectivity index (χ2n) is 5.68. The van der Waals surface area contributed by atoms with Crippen molar-refractivity contribution < 1.29 is 4.74 Å². The lowest BCUT2D eigenvalue weighted by Crippen LogP contribution is -2.27. The van der Waals surface area contributed by atoms with E-state index in [0.717, 1.165) is 18.7 Å². The summed E-state index contributed by atoms with van der Waals surface area (Å²) < 4.78 is 5.65. The van der Waals surface area contributed by atoms with Crippen molar-refractivity contribution in [2.75, 3.05) is 18.5 Å². The number of nitrogens with zero attached hydrogens (tertiary/aromatic N) is 1. The standard InChI is InChI=1S/C16H23N3O/c17-16(18-11-15-6-1-2-9-20-15)19-14-8-7-12-4-3-5-13(12)10-14/h7-8,10,15H,1-6,9,11H2,(H3,17,18,19). The largest absolute Gasteiger partial charge is 0.376 e. The van der Waals surface area contributed by atoms with E-state index < -0.39 is 0 Å². The molecule has 1 saturated heterocycles. The number of hydrogen-bond donors (Lipinski definition) is 2. The number of rotatable bonds is 3. The Hall–Kier alpha value is -1.55. The van der Waals surface area contributed by atoms with Crippen LogP contribution >= 0.6 is 0 Å². The Morgan fingerprint density at radius 2 is 2.15 bits per heavy atom. The van der Waals surface area contributed by atoms with E-state index in [-0.39, 0.29) is 6.10 Å². The van der Waals surface area contributed by atoms with Gasteiger partial charge in [0.25, 0.3) is 0 Å². The minimum atomic E-state index is 0.240. The van der Waals surface area contributed by atoms with Gasteiger partial charge in [-0.05, 0) is 61.8 Å².